The average molecular weight is 278 g/mol. The molecule has 0 spiro atoms. The van der Waals surface area contributed by atoms with E-state index in [1.165, 1.54) is 19.1 Å². The Hall–Kier alpha value is -1.91. The first-order valence-electron chi connectivity index (χ1n) is 6.84. The van der Waals surface area contributed by atoms with Gasteiger partial charge in [0, 0.05) is 26.1 Å². The molecule has 1 aliphatic heterocycles. The molecule has 0 saturated carbocycles. The minimum Gasteiger partial charge on any atom is -0.353 e. The largest absolute Gasteiger partial charge is 0.353 e. The summed E-state index contributed by atoms with van der Waals surface area (Å²) in [6.07, 6.45) is 1.77. The lowest BCUT2D eigenvalue weighted by Gasteiger charge is -2.32. The highest BCUT2D eigenvalue weighted by Crippen LogP contribution is 2.13. The Bertz CT molecular complexity index is 496. The van der Waals surface area contributed by atoms with Crippen molar-refractivity contribution in [3.8, 4) is 0 Å². The van der Waals surface area contributed by atoms with E-state index in [-0.39, 0.29) is 30.1 Å². The van der Waals surface area contributed by atoms with E-state index in [0.717, 1.165) is 12.8 Å². The Kier molecular flexibility index (Phi) is 4.71. The van der Waals surface area contributed by atoms with Crippen molar-refractivity contribution in [3.63, 3.8) is 0 Å². The third-order valence-electron chi connectivity index (χ3n) is 3.50. The summed E-state index contributed by atoms with van der Waals surface area (Å²) in [6.45, 7) is 2.78. The van der Waals surface area contributed by atoms with Crippen molar-refractivity contribution in [3.05, 3.63) is 35.6 Å². The molecule has 1 aromatic rings. The topological polar surface area (TPSA) is 49.4 Å². The normalized spacial score (nSPS) is 16.0. The van der Waals surface area contributed by atoms with Gasteiger partial charge in [0.15, 0.2) is 0 Å². The third kappa shape index (κ3) is 4.05. The molecule has 0 unspecified atom stereocenters. The van der Waals surface area contributed by atoms with Crippen molar-refractivity contribution >= 4 is 11.8 Å². The maximum absolute atomic E-state index is 13.1. The lowest BCUT2D eigenvalue weighted by atomic mass is 10.0. The molecule has 4 nitrogen and oxygen atoms in total. The maximum atomic E-state index is 13.1. The van der Waals surface area contributed by atoms with Crippen LogP contribution in [0.1, 0.15) is 25.3 Å². The average Bonchev–Trinajstić information content (AvgIpc) is 2.38. The van der Waals surface area contributed by atoms with Crippen molar-refractivity contribution in [2.75, 3.05) is 13.1 Å². The van der Waals surface area contributed by atoms with E-state index in [1.54, 1.807) is 17.0 Å². The van der Waals surface area contributed by atoms with Crippen molar-refractivity contribution in [2.45, 2.75) is 32.2 Å². The summed E-state index contributed by atoms with van der Waals surface area (Å²) in [7, 11) is 0. The van der Waals surface area contributed by atoms with E-state index in [0.29, 0.717) is 18.7 Å². The van der Waals surface area contributed by atoms with Gasteiger partial charge >= 0.3 is 0 Å². The van der Waals surface area contributed by atoms with Crippen LogP contribution >= 0.6 is 0 Å². The van der Waals surface area contributed by atoms with Gasteiger partial charge in [-0.05, 0) is 30.5 Å². The van der Waals surface area contributed by atoms with E-state index >= 15 is 0 Å². The van der Waals surface area contributed by atoms with E-state index in [2.05, 4.69) is 5.32 Å². The molecule has 1 fully saturated rings. The number of halogens is 1. The Morgan fingerprint density at radius 1 is 1.35 bits per heavy atom. The number of nitrogens with zero attached hydrogens (tertiary/aromatic N) is 1. The molecule has 1 heterocycles. The Labute approximate surface area is 118 Å². The molecule has 2 rings (SSSR count). The number of nitrogens with one attached hydrogen (secondary N) is 1. The van der Waals surface area contributed by atoms with Gasteiger partial charge in [0.05, 0.1) is 6.42 Å². The van der Waals surface area contributed by atoms with Crippen LogP contribution in [0.5, 0.6) is 0 Å². The van der Waals surface area contributed by atoms with Crippen molar-refractivity contribution in [2.24, 2.45) is 0 Å². The van der Waals surface area contributed by atoms with Gasteiger partial charge in [-0.3, -0.25) is 9.59 Å². The molecule has 5 heteroatoms. The Morgan fingerprint density at radius 3 is 2.65 bits per heavy atom. The first-order chi connectivity index (χ1) is 9.54. The first-order valence-corrected chi connectivity index (χ1v) is 6.84. The van der Waals surface area contributed by atoms with Crippen LogP contribution in [0.2, 0.25) is 0 Å². The molecular formula is C15H19FN2O2. The van der Waals surface area contributed by atoms with E-state index in [4.69, 9.17) is 0 Å². The van der Waals surface area contributed by atoms with E-state index < -0.39 is 0 Å². The number of piperidine rings is 1. The number of hydrogen-bond acceptors (Lipinski definition) is 2. The number of amides is 2. The van der Waals surface area contributed by atoms with Gasteiger partial charge in [-0.25, -0.2) is 4.39 Å². The maximum Gasteiger partial charge on any atom is 0.226 e. The fourth-order valence-electron chi connectivity index (χ4n) is 2.49. The summed E-state index contributed by atoms with van der Waals surface area (Å²) in [6, 6.07) is 6.28. The zero-order chi connectivity index (χ0) is 14.5. The zero-order valence-corrected chi connectivity index (χ0v) is 11.6. The van der Waals surface area contributed by atoms with Crippen LogP contribution in [-0.4, -0.2) is 35.8 Å². The molecule has 1 N–H and O–H groups in total. The van der Waals surface area contributed by atoms with Crippen LogP contribution in [0.25, 0.3) is 0 Å². The molecule has 20 heavy (non-hydrogen) atoms. The quantitative estimate of drug-likeness (QED) is 0.911. The predicted octanol–water partition coefficient (Wildman–Crippen LogP) is 1.50. The molecular weight excluding hydrogens is 259 g/mol. The summed E-state index contributed by atoms with van der Waals surface area (Å²) in [4.78, 5) is 24.9. The van der Waals surface area contributed by atoms with E-state index in [9.17, 15) is 14.0 Å². The predicted molar refractivity (Wildman–Crippen MR) is 73.5 cm³/mol. The molecule has 108 valence electrons. The highest BCUT2D eigenvalue weighted by Gasteiger charge is 2.23. The van der Waals surface area contributed by atoms with Gasteiger partial charge in [-0.2, -0.15) is 0 Å². The van der Waals surface area contributed by atoms with Crippen LogP contribution < -0.4 is 5.32 Å². The summed E-state index contributed by atoms with van der Waals surface area (Å²) in [5.74, 6) is -0.342. The molecule has 0 bridgehead atoms. The lowest BCUT2D eigenvalue weighted by Crippen LogP contribution is -2.46. The second-order valence-corrected chi connectivity index (χ2v) is 5.16. The zero-order valence-electron chi connectivity index (χ0n) is 11.6. The minimum absolute atomic E-state index is 0.0110. The van der Waals surface area contributed by atoms with Crippen molar-refractivity contribution in [1.29, 1.82) is 0 Å². The van der Waals surface area contributed by atoms with Crippen LogP contribution in [0.15, 0.2) is 24.3 Å². The minimum atomic E-state index is -0.320. The number of hydrogen-bond donors (Lipinski definition) is 1. The molecule has 0 aliphatic carbocycles. The first kappa shape index (κ1) is 14.5. The Morgan fingerprint density at radius 2 is 2.05 bits per heavy atom. The summed E-state index contributed by atoms with van der Waals surface area (Å²) >= 11 is 0. The van der Waals surface area contributed by atoms with Crippen LogP contribution in [0.4, 0.5) is 4.39 Å². The van der Waals surface area contributed by atoms with Gasteiger partial charge in [0.1, 0.15) is 5.82 Å². The van der Waals surface area contributed by atoms with Crippen molar-refractivity contribution < 1.29 is 14.0 Å². The van der Waals surface area contributed by atoms with Gasteiger partial charge in [0.2, 0.25) is 11.8 Å². The van der Waals surface area contributed by atoms with Gasteiger partial charge in [-0.15, -0.1) is 0 Å². The van der Waals surface area contributed by atoms with Gasteiger partial charge in [0.25, 0.3) is 0 Å². The van der Waals surface area contributed by atoms with Gasteiger partial charge in [-0.1, -0.05) is 12.1 Å². The smallest absolute Gasteiger partial charge is 0.226 e. The number of rotatable bonds is 3. The second kappa shape index (κ2) is 6.50. The molecule has 0 atom stereocenters. The molecule has 0 aromatic heterocycles. The Balaban J connectivity index is 1.84. The molecule has 1 aliphatic rings. The fourth-order valence-corrected chi connectivity index (χ4v) is 2.49. The lowest BCUT2D eigenvalue weighted by molar-refractivity contribution is -0.131. The highest BCUT2D eigenvalue weighted by atomic mass is 19.1. The number of carbonyl (C=O) groups excluding carboxylic acids is 2. The number of benzene rings is 1. The van der Waals surface area contributed by atoms with Crippen LogP contribution in [-0.2, 0) is 16.0 Å². The van der Waals surface area contributed by atoms with E-state index in [1.807, 2.05) is 0 Å². The van der Waals surface area contributed by atoms with Crippen LogP contribution in [0.3, 0.4) is 0 Å². The monoisotopic (exact) mass is 278 g/mol. The van der Waals surface area contributed by atoms with Crippen LogP contribution in [0, 0.1) is 5.82 Å². The standard InChI is InChI=1S/C15H19FN2O2/c1-11(19)17-14-5-7-18(8-6-14)15(20)10-12-3-2-4-13(16)9-12/h2-4,9,14H,5-8,10H2,1H3,(H,17,19). The van der Waals surface area contributed by atoms with Gasteiger partial charge < -0.3 is 10.2 Å². The molecule has 0 radical (unpaired) electrons. The molecule has 1 aromatic carbocycles. The molecule has 1 saturated heterocycles. The second-order valence-electron chi connectivity index (χ2n) is 5.16. The number of likely N-dealkylation sites (tertiary alicyclic amines) is 1. The highest BCUT2D eigenvalue weighted by molar-refractivity contribution is 5.79. The molecule has 2 amide bonds. The summed E-state index contributed by atoms with van der Waals surface area (Å²) in [5.41, 5.74) is 0.694. The fraction of sp³-hybridized carbons (Fsp3) is 0.467. The SMILES string of the molecule is CC(=O)NC1CCN(C(=O)Cc2cccc(F)c2)CC1. The number of carbonyl (C=O) groups is 2. The summed E-state index contributed by atoms with van der Waals surface area (Å²) < 4.78 is 13.1. The third-order valence-corrected chi connectivity index (χ3v) is 3.50. The summed E-state index contributed by atoms with van der Waals surface area (Å²) in [5, 5.41) is 2.87. The van der Waals surface area contributed by atoms with Crippen molar-refractivity contribution in [1.82, 2.24) is 10.2 Å².